The van der Waals surface area contributed by atoms with Crippen LogP contribution in [0.4, 0.5) is 13.2 Å². The lowest BCUT2D eigenvalue weighted by Crippen LogP contribution is -2.63. The second-order valence-corrected chi connectivity index (χ2v) is 4.04. The highest BCUT2D eigenvalue weighted by Gasteiger charge is 2.58. The van der Waals surface area contributed by atoms with Gasteiger partial charge in [0.05, 0.1) is 0 Å². The third-order valence-corrected chi connectivity index (χ3v) is 2.73. The predicted octanol–water partition coefficient (Wildman–Crippen LogP) is -0.353. The molecule has 1 fully saturated rings. The zero-order valence-electron chi connectivity index (χ0n) is 9.34. The monoisotopic (exact) mass is 254 g/mol. The van der Waals surface area contributed by atoms with Gasteiger partial charge in [0.15, 0.2) is 0 Å². The van der Waals surface area contributed by atoms with Crippen LogP contribution >= 0.6 is 0 Å². The fourth-order valence-electron chi connectivity index (χ4n) is 1.46. The summed E-state index contributed by atoms with van der Waals surface area (Å²) in [7, 11) is 0. The van der Waals surface area contributed by atoms with E-state index in [9.17, 15) is 27.9 Å². The summed E-state index contributed by atoms with van der Waals surface area (Å²) >= 11 is 0. The third-order valence-electron chi connectivity index (χ3n) is 2.73. The average Bonchev–Trinajstić information content (AvgIpc) is 2.19. The molecular formula is C9H13F3N2O3. The highest BCUT2D eigenvalue weighted by Crippen LogP contribution is 2.32. The molecule has 0 saturated carbocycles. The molecule has 98 valence electrons. The fourth-order valence-corrected chi connectivity index (χ4v) is 1.46. The summed E-state index contributed by atoms with van der Waals surface area (Å²) in [5, 5.41) is 11.6. The van der Waals surface area contributed by atoms with E-state index in [1.54, 1.807) is 0 Å². The second kappa shape index (κ2) is 4.17. The number of amides is 2. The van der Waals surface area contributed by atoms with Gasteiger partial charge in [0.25, 0.3) is 5.91 Å². The Balaban J connectivity index is 2.93. The van der Waals surface area contributed by atoms with E-state index < -0.39 is 29.6 Å². The Labute approximate surface area is 95.6 Å². The number of aliphatic hydroxyl groups is 1. The summed E-state index contributed by atoms with van der Waals surface area (Å²) in [5.74, 6) is -2.05. The number of hydrogen-bond acceptors (Lipinski definition) is 3. The van der Waals surface area contributed by atoms with Gasteiger partial charge in [-0.1, -0.05) is 0 Å². The standard InChI is InChI=1S/C9H13F3N2O3/c1-5-6(15)13-3-4-14(5)7(16)8(2,17)9(10,11)12/h5,17H,3-4H2,1-2H3,(H,13,15). The maximum absolute atomic E-state index is 12.5. The van der Waals surface area contributed by atoms with Crippen LogP contribution in [0.1, 0.15) is 13.8 Å². The van der Waals surface area contributed by atoms with E-state index in [1.807, 2.05) is 0 Å². The quantitative estimate of drug-likeness (QED) is 0.671. The molecule has 0 bridgehead atoms. The molecule has 1 rings (SSSR count). The Morgan fingerprint density at radius 1 is 1.53 bits per heavy atom. The predicted molar refractivity (Wildman–Crippen MR) is 50.9 cm³/mol. The lowest BCUT2D eigenvalue weighted by atomic mass is 10.0. The summed E-state index contributed by atoms with van der Waals surface area (Å²) < 4.78 is 37.4. The number of nitrogens with zero attached hydrogens (tertiary/aromatic N) is 1. The van der Waals surface area contributed by atoms with Crippen LogP contribution < -0.4 is 5.32 Å². The van der Waals surface area contributed by atoms with E-state index >= 15 is 0 Å². The Kier molecular flexibility index (Phi) is 3.37. The highest BCUT2D eigenvalue weighted by atomic mass is 19.4. The van der Waals surface area contributed by atoms with Crippen molar-refractivity contribution in [3.63, 3.8) is 0 Å². The first-order valence-corrected chi connectivity index (χ1v) is 4.97. The topological polar surface area (TPSA) is 69.6 Å². The van der Waals surface area contributed by atoms with Crippen molar-refractivity contribution in [2.24, 2.45) is 0 Å². The molecule has 1 aliphatic rings. The normalized spacial score (nSPS) is 25.2. The molecule has 2 amide bonds. The van der Waals surface area contributed by atoms with Gasteiger partial charge in [-0.15, -0.1) is 0 Å². The van der Waals surface area contributed by atoms with Crippen LogP contribution in [-0.2, 0) is 9.59 Å². The van der Waals surface area contributed by atoms with Crippen LogP contribution in [0.3, 0.4) is 0 Å². The Hall–Kier alpha value is -1.31. The van der Waals surface area contributed by atoms with E-state index in [4.69, 9.17) is 0 Å². The molecule has 1 saturated heterocycles. The first-order chi connectivity index (χ1) is 7.59. The maximum atomic E-state index is 12.5. The van der Waals surface area contributed by atoms with Gasteiger partial charge in [-0.3, -0.25) is 9.59 Å². The maximum Gasteiger partial charge on any atom is 0.426 e. The van der Waals surface area contributed by atoms with Gasteiger partial charge in [0.2, 0.25) is 11.5 Å². The van der Waals surface area contributed by atoms with Crippen LogP contribution in [-0.4, -0.2) is 52.7 Å². The molecule has 5 nitrogen and oxygen atoms in total. The largest absolute Gasteiger partial charge is 0.426 e. The van der Waals surface area contributed by atoms with E-state index in [0.29, 0.717) is 6.92 Å². The smallest absolute Gasteiger partial charge is 0.373 e. The first-order valence-electron chi connectivity index (χ1n) is 4.97. The van der Waals surface area contributed by atoms with Crippen LogP contribution in [0, 0.1) is 0 Å². The zero-order valence-corrected chi connectivity index (χ0v) is 9.34. The van der Waals surface area contributed by atoms with Crippen LogP contribution in [0.5, 0.6) is 0 Å². The average molecular weight is 254 g/mol. The Morgan fingerprint density at radius 2 is 2.06 bits per heavy atom. The van der Waals surface area contributed by atoms with Crippen LogP contribution in [0.2, 0.25) is 0 Å². The summed E-state index contributed by atoms with van der Waals surface area (Å²) in [6.07, 6.45) is -5.07. The summed E-state index contributed by atoms with van der Waals surface area (Å²) in [6, 6.07) is -1.02. The number of alkyl halides is 3. The van der Waals surface area contributed by atoms with Gasteiger partial charge in [-0.2, -0.15) is 13.2 Å². The van der Waals surface area contributed by atoms with Gasteiger partial charge >= 0.3 is 6.18 Å². The van der Waals surface area contributed by atoms with E-state index in [2.05, 4.69) is 5.32 Å². The molecule has 2 unspecified atom stereocenters. The Bertz CT molecular complexity index is 341. The fraction of sp³-hybridized carbons (Fsp3) is 0.778. The molecule has 1 heterocycles. The lowest BCUT2D eigenvalue weighted by molar-refractivity contribution is -0.251. The minimum atomic E-state index is -5.07. The minimum Gasteiger partial charge on any atom is -0.373 e. The number of rotatable bonds is 1. The van der Waals surface area contributed by atoms with Crippen molar-refractivity contribution in [3.05, 3.63) is 0 Å². The van der Waals surface area contributed by atoms with Gasteiger partial charge in [0, 0.05) is 13.1 Å². The summed E-state index contributed by atoms with van der Waals surface area (Å²) in [5.41, 5.74) is -3.47. The number of nitrogens with one attached hydrogen (secondary N) is 1. The summed E-state index contributed by atoms with van der Waals surface area (Å²) in [4.78, 5) is 23.5. The van der Waals surface area contributed by atoms with Crippen molar-refractivity contribution < 1.29 is 27.9 Å². The molecule has 2 N–H and O–H groups in total. The number of hydrogen-bond donors (Lipinski definition) is 2. The van der Waals surface area contributed by atoms with Gasteiger partial charge in [-0.05, 0) is 13.8 Å². The zero-order chi connectivity index (χ0) is 13.4. The molecule has 0 radical (unpaired) electrons. The van der Waals surface area contributed by atoms with E-state index in [0.717, 1.165) is 4.90 Å². The van der Waals surface area contributed by atoms with Crippen LogP contribution in [0.25, 0.3) is 0 Å². The number of carbonyl (C=O) groups is 2. The number of piperazine rings is 1. The molecule has 8 heteroatoms. The van der Waals surface area contributed by atoms with Crippen molar-refractivity contribution in [2.75, 3.05) is 13.1 Å². The van der Waals surface area contributed by atoms with Gasteiger partial charge < -0.3 is 15.3 Å². The SMILES string of the molecule is CC1C(=O)NCCN1C(=O)C(C)(O)C(F)(F)F. The van der Waals surface area contributed by atoms with E-state index in [1.165, 1.54) is 6.92 Å². The molecular weight excluding hydrogens is 241 g/mol. The molecule has 2 atom stereocenters. The molecule has 0 spiro atoms. The molecule has 0 aromatic heterocycles. The summed E-state index contributed by atoms with van der Waals surface area (Å²) in [6.45, 7) is 1.70. The highest BCUT2D eigenvalue weighted by molar-refractivity contribution is 5.92. The molecule has 1 aliphatic heterocycles. The van der Waals surface area contributed by atoms with Crippen molar-refractivity contribution in [2.45, 2.75) is 31.7 Å². The third kappa shape index (κ3) is 2.36. The molecule has 0 aromatic carbocycles. The number of carbonyl (C=O) groups excluding carboxylic acids is 2. The second-order valence-electron chi connectivity index (χ2n) is 4.04. The van der Waals surface area contributed by atoms with Gasteiger partial charge in [-0.25, -0.2) is 0 Å². The lowest BCUT2D eigenvalue weighted by Gasteiger charge is -2.37. The van der Waals surface area contributed by atoms with Gasteiger partial charge in [0.1, 0.15) is 6.04 Å². The molecule has 0 aliphatic carbocycles. The molecule has 17 heavy (non-hydrogen) atoms. The van der Waals surface area contributed by atoms with Crippen molar-refractivity contribution in [1.82, 2.24) is 10.2 Å². The first kappa shape index (κ1) is 13.8. The molecule has 0 aromatic rings. The van der Waals surface area contributed by atoms with Crippen molar-refractivity contribution in [1.29, 1.82) is 0 Å². The van der Waals surface area contributed by atoms with Crippen molar-refractivity contribution >= 4 is 11.8 Å². The number of halogens is 3. The van der Waals surface area contributed by atoms with E-state index in [-0.39, 0.29) is 13.1 Å². The minimum absolute atomic E-state index is 0.0576. The Morgan fingerprint density at radius 3 is 2.53 bits per heavy atom. The van der Waals surface area contributed by atoms with Crippen LogP contribution in [0.15, 0.2) is 0 Å². The van der Waals surface area contributed by atoms with Crippen molar-refractivity contribution in [3.8, 4) is 0 Å².